The first-order chi connectivity index (χ1) is 37.2. The molecule has 6 amide bonds. The summed E-state index contributed by atoms with van der Waals surface area (Å²) in [5, 5.41) is 9.28. The average molecular weight is 1110 g/mol. The number of likely N-dealkylation sites (N-methyl/N-ethyl adjacent to an activating group) is 4. The highest BCUT2D eigenvalue weighted by Crippen LogP contribution is 2.30. The summed E-state index contributed by atoms with van der Waals surface area (Å²) in [5.74, 6) is -0.291. The van der Waals surface area contributed by atoms with Crippen LogP contribution in [0.4, 0.5) is 0 Å². The van der Waals surface area contributed by atoms with Gasteiger partial charge in [0.15, 0.2) is 0 Å². The molecule has 5 heterocycles. The standard InChI is InChI=1S/C36H58N6O4.C25H46N4O4/c1-25(2)30(40(7)35(46)31(36(3,4)5)38-33(44)27-17-11-12-20-39(27)6)24-41-21-13-19-29(41)34(45)42-22-14-18-28(42)32(43)37-23-26-15-9-8-10-16-26;1-17(2)20(16-29-15-11-13-19(29)24(32)33-8)28(7)23(31)21(25(3,4)5)26-22(30)18-12-9-10-14-27(18)6/h8-10,15-16,25,27-31H,11-14,17-24H2,1-7H3,(H,37,43)(H,38,44);17-21H,9-16H2,1-8H3,(H,26,30)/t27?,28?,29?,30-,31-;18?,19-,20+,21+/m10/s1. The lowest BCUT2D eigenvalue weighted by Gasteiger charge is -2.41. The van der Waals surface area contributed by atoms with Gasteiger partial charge in [0.1, 0.15) is 24.2 Å². The van der Waals surface area contributed by atoms with Crippen LogP contribution in [0.25, 0.3) is 0 Å². The van der Waals surface area contributed by atoms with Crippen molar-refractivity contribution in [3.05, 3.63) is 35.9 Å². The van der Waals surface area contributed by atoms with Crippen molar-refractivity contribution in [2.75, 3.05) is 81.1 Å². The highest BCUT2D eigenvalue weighted by molar-refractivity contribution is 5.92. The Hall–Kier alpha value is -4.65. The van der Waals surface area contributed by atoms with Crippen molar-refractivity contribution in [1.82, 2.24) is 50.2 Å². The average Bonchev–Trinajstić information content (AvgIpc) is 4.22. The molecule has 5 aliphatic rings. The second kappa shape index (κ2) is 29.4. The second-order valence-electron chi connectivity index (χ2n) is 26.3. The quantitative estimate of drug-likeness (QED) is 0.151. The van der Waals surface area contributed by atoms with Crippen LogP contribution < -0.4 is 16.0 Å². The molecule has 5 fully saturated rings. The zero-order chi connectivity index (χ0) is 58.5. The Labute approximate surface area is 475 Å². The molecule has 0 aliphatic carbocycles. The molecular weight excluding hydrogens is 1000 g/mol. The molecule has 1 aromatic rings. The van der Waals surface area contributed by atoms with Gasteiger partial charge in [-0.2, -0.15) is 0 Å². The van der Waals surface area contributed by atoms with E-state index >= 15 is 0 Å². The van der Waals surface area contributed by atoms with Crippen molar-refractivity contribution >= 4 is 41.4 Å². The summed E-state index contributed by atoms with van der Waals surface area (Å²) in [4.78, 5) is 108. The fraction of sp³-hybridized carbons (Fsp3) is 0.787. The van der Waals surface area contributed by atoms with Crippen LogP contribution >= 0.6 is 0 Å². The van der Waals surface area contributed by atoms with Crippen LogP contribution in [0.2, 0.25) is 0 Å². The Kier molecular flexibility index (Phi) is 24.2. The molecule has 9 atom stereocenters. The number of hydrogen-bond donors (Lipinski definition) is 3. The molecule has 3 N–H and O–H groups in total. The van der Waals surface area contributed by atoms with E-state index in [0.29, 0.717) is 32.6 Å². The lowest BCUT2D eigenvalue weighted by atomic mass is 9.84. The van der Waals surface area contributed by atoms with Gasteiger partial charge in [0.05, 0.1) is 25.2 Å². The van der Waals surface area contributed by atoms with Crippen LogP contribution in [0.15, 0.2) is 30.3 Å². The number of rotatable bonds is 19. The lowest BCUT2D eigenvalue weighted by molar-refractivity contribution is -0.147. The number of methoxy groups -OCH3 is 1. The van der Waals surface area contributed by atoms with Crippen molar-refractivity contribution in [3.63, 3.8) is 0 Å². The predicted molar refractivity (Wildman–Crippen MR) is 310 cm³/mol. The minimum Gasteiger partial charge on any atom is -0.468 e. The fourth-order valence-electron chi connectivity index (χ4n) is 12.5. The Bertz CT molecular complexity index is 2180. The first-order valence-corrected chi connectivity index (χ1v) is 29.9. The first-order valence-electron chi connectivity index (χ1n) is 29.9. The molecular formula is C61H104N10O8. The number of carbonyl (C=O) groups is 7. The molecule has 5 aliphatic heterocycles. The maximum Gasteiger partial charge on any atom is 0.323 e. The molecule has 6 rings (SSSR count). The number of carbonyl (C=O) groups excluding carboxylic acids is 7. The van der Waals surface area contributed by atoms with Gasteiger partial charge in [-0.05, 0) is 133 Å². The number of nitrogens with zero attached hydrogens (tertiary/aromatic N) is 7. The Balaban J connectivity index is 0.000000308. The number of likely N-dealkylation sites (tertiary alicyclic amines) is 5. The van der Waals surface area contributed by atoms with E-state index in [1.165, 1.54) is 7.11 Å². The van der Waals surface area contributed by atoms with E-state index in [1.54, 1.807) is 14.7 Å². The van der Waals surface area contributed by atoms with E-state index in [9.17, 15) is 33.6 Å². The molecule has 4 unspecified atom stereocenters. The summed E-state index contributed by atoms with van der Waals surface area (Å²) < 4.78 is 4.99. The molecule has 5 saturated heterocycles. The molecule has 1 aromatic carbocycles. The maximum absolute atomic E-state index is 14.2. The van der Waals surface area contributed by atoms with Gasteiger partial charge >= 0.3 is 5.97 Å². The van der Waals surface area contributed by atoms with Crippen LogP contribution in [-0.2, 0) is 44.8 Å². The van der Waals surface area contributed by atoms with Gasteiger partial charge in [-0.3, -0.25) is 53.2 Å². The van der Waals surface area contributed by atoms with Crippen LogP contribution in [-0.4, -0.2) is 211 Å². The lowest BCUT2D eigenvalue weighted by Crippen LogP contribution is -2.61. The van der Waals surface area contributed by atoms with Gasteiger partial charge in [0.25, 0.3) is 0 Å². The maximum atomic E-state index is 14.2. The Morgan fingerprint density at radius 2 is 0.975 bits per heavy atom. The van der Waals surface area contributed by atoms with Gasteiger partial charge in [-0.25, -0.2) is 0 Å². The number of piperidine rings is 2. The van der Waals surface area contributed by atoms with Gasteiger partial charge in [-0.1, -0.05) is 112 Å². The van der Waals surface area contributed by atoms with Crippen molar-refractivity contribution < 1.29 is 38.3 Å². The molecule has 0 radical (unpaired) electrons. The minimum atomic E-state index is -0.669. The molecule has 446 valence electrons. The monoisotopic (exact) mass is 1100 g/mol. The van der Waals surface area contributed by atoms with E-state index in [2.05, 4.69) is 63.2 Å². The van der Waals surface area contributed by atoms with Crippen molar-refractivity contribution in [2.24, 2.45) is 22.7 Å². The van der Waals surface area contributed by atoms with Crippen molar-refractivity contribution in [3.8, 4) is 0 Å². The van der Waals surface area contributed by atoms with E-state index < -0.39 is 29.0 Å². The molecule has 18 heteroatoms. The van der Waals surface area contributed by atoms with Crippen LogP contribution in [0.5, 0.6) is 0 Å². The van der Waals surface area contributed by atoms with Gasteiger partial charge in [0.2, 0.25) is 35.4 Å². The van der Waals surface area contributed by atoms with E-state index in [4.69, 9.17) is 4.74 Å². The number of benzene rings is 1. The zero-order valence-corrected chi connectivity index (χ0v) is 51.3. The van der Waals surface area contributed by atoms with E-state index in [-0.39, 0.29) is 89.5 Å². The summed E-state index contributed by atoms with van der Waals surface area (Å²) in [6, 6.07) is 6.86. The Morgan fingerprint density at radius 1 is 0.557 bits per heavy atom. The number of nitrogens with one attached hydrogen (secondary N) is 3. The minimum absolute atomic E-state index is 0.0165. The molecule has 79 heavy (non-hydrogen) atoms. The van der Waals surface area contributed by atoms with Crippen LogP contribution in [0.1, 0.15) is 152 Å². The molecule has 0 bridgehead atoms. The largest absolute Gasteiger partial charge is 0.468 e. The third kappa shape index (κ3) is 17.4. The van der Waals surface area contributed by atoms with Crippen molar-refractivity contribution in [1.29, 1.82) is 0 Å². The predicted octanol–water partition coefficient (Wildman–Crippen LogP) is 5.38. The number of ether oxygens (including phenoxy) is 1. The number of esters is 1. The van der Waals surface area contributed by atoms with Gasteiger partial charge < -0.3 is 35.4 Å². The summed E-state index contributed by atoms with van der Waals surface area (Å²) in [6.45, 7) is 25.9. The number of amides is 6. The van der Waals surface area contributed by atoms with Gasteiger partial charge in [-0.15, -0.1) is 0 Å². The summed E-state index contributed by atoms with van der Waals surface area (Å²) in [6.07, 6.45) is 10.7. The highest BCUT2D eigenvalue weighted by Gasteiger charge is 2.45. The number of hydrogen-bond acceptors (Lipinski definition) is 12. The molecule has 0 aromatic heterocycles. The topological polar surface area (TPSA) is 187 Å². The van der Waals surface area contributed by atoms with Crippen LogP contribution in [0, 0.1) is 22.7 Å². The molecule has 0 saturated carbocycles. The van der Waals surface area contributed by atoms with E-state index in [0.717, 1.165) is 102 Å². The molecule has 18 nitrogen and oxygen atoms in total. The Morgan fingerprint density at radius 3 is 1.41 bits per heavy atom. The third-order valence-electron chi connectivity index (χ3n) is 17.7. The van der Waals surface area contributed by atoms with Crippen molar-refractivity contribution in [2.45, 2.75) is 207 Å². The molecule has 0 spiro atoms. The first kappa shape index (κ1) is 65.2. The van der Waals surface area contributed by atoms with Gasteiger partial charge in [0, 0.05) is 52.4 Å². The summed E-state index contributed by atoms with van der Waals surface area (Å²) >= 11 is 0. The normalized spacial score (nSPS) is 24.2. The van der Waals surface area contributed by atoms with Crippen LogP contribution in [0.3, 0.4) is 0 Å². The zero-order valence-electron chi connectivity index (χ0n) is 51.3. The smallest absolute Gasteiger partial charge is 0.323 e. The van der Waals surface area contributed by atoms with E-state index in [1.807, 2.05) is 100 Å². The summed E-state index contributed by atoms with van der Waals surface area (Å²) in [7, 11) is 9.05. The highest BCUT2D eigenvalue weighted by atomic mass is 16.5. The SMILES string of the molecule is CC(C)[C@@H](CN1CCCC1C(=O)N1CCCC1C(=O)NCc1ccccc1)N(C)C(=O)[C@@H](NC(=O)C1CCCCN1C)C(C)(C)C.COC(=O)[C@@H]1CCCN1C[C@H](C(C)C)N(C)C(=O)[C@@H](NC(=O)C1CCCCN1C)C(C)(C)C. The second-order valence-corrected chi connectivity index (χ2v) is 26.3. The third-order valence-corrected chi connectivity index (χ3v) is 17.7. The summed E-state index contributed by atoms with van der Waals surface area (Å²) in [5.41, 5.74) is 0.118. The fourth-order valence-corrected chi connectivity index (χ4v) is 12.5.